The third-order valence-corrected chi connectivity index (χ3v) is 2.38. The average Bonchev–Trinajstić information content (AvgIpc) is 2.22. The van der Waals surface area contributed by atoms with Crippen molar-refractivity contribution in [2.24, 2.45) is 0 Å². The second kappa shape index (κ2) is 5.61. The molecule has 1 aromatic rings. The van der Waals surface area contributed by atoms with Crippen LogP contribution in [0.1, 0.15) is 23.7 Å². The second-order valence-corrected chi connectivity index (χ2v) is 3.93. The van der Waals surface area contributed by atoms with Crippen molar-refractivity contribution in [3.63, 3.8) is 0 Å². The summed E-state index contributed by atoms with van der Waals surface area (Å²) < 4.78 is 0. The first-order chi connectivity index (χ1) is 7.54. The number of benzene rings is 1. The van der Waals surface area contributed by atoms with Gasteiger partial charge in [0.05, 0.1) is 0 Å². The van der Waals surface area contributed by atoms with Gasteiger partial charge in [-0.05, 0) is 31.5 Å². The van der Waals surface area contributed by atoms with Crippen LogP contribution in [0.5, 0.6) is 11.5 Å². The number of halogens is 1. The van der Waals surface area contributed by atoms with E-state index in [0.29, 0.717) is 17.9 Å². The SMILES string of the molecule is CC(CCCl)NC(=O)c1ccc(O)c(O)c1. The molecule has 0 aliphatic heterocycles. The van der Waals surface area contributed by atoms with Crippen molar-refractivity contribution in [1.29, 1.82) is 0 Å². The van der Waals surface area contributed by atoms with E-state index in [1.54, 1.807) is 0 Å². The van der Waals surface area contributed by atoms with E-state index < -0.39 is 0 Å². The number of rotatable bonds is 4. The maximum atomic E-state index is 11.6. The summed E-state index contributed by atoms with van der Waals surface area (Å²) in [4.78, 5) is 11.6. The van der Waals surface area contributed by atoms with Gasteiger partial charge in [0.2, 0.25) is 0 Å². The van der Waals surface area contributed by atoms with E-state index in [1.165, 1.54) is 18.2 Å². The van der Waals surface area contributed by atoms with Gasteiger partial charge in [-0.25, -0.2) is 0 Å². The molecule has 0 aromatic heterocycles. The van der Waals surface area contributed by atoms with Gasteiger partial charge in [0.25, 0.3) is 5.91 Å². The number of hydrogen-bond donors (Lipinski definition) is 3. The Morgan fingerprint density at radius 1 is 1.44 bits per heavy atom. The number of aromatic hydroxyl groups is 2. The molecule has 88 valence electrons. The molecular weight excluding hydrogens is 230 g/mol. The number of phenols is 2. The van der Waals surface area contributed by atoms with Gasteiger partial charge in [-0.1, -0.05) is 0 Å². The third-order valence-electron chi connectivity index (χ3n) is 2.16. The van der Waals surface area contributed by atoms with Crippen LogP contribution in [0.15, 0.2) is 18.2 Å². The number of amides is 1. The van der Waals surface area contributed by atoms with Crippen molar-refractivity contribution in [2.75, 3.05) is 5.88 Å². The molecule has 0 saturated carbocycles. The highest BCUT2D eigenvalue weighted by molar-refractivity contribution is 6.17. The van der Waals surface area contributed by atoms with E-state index in [4.69, 9.17) is 16.7 Å². The van der Waals surface area contributed by atoms with Crippen LogP contribution in [0, 0.1) is 0 Å². The molecule has 0 saturated heterocycles. The summed E-state index contributed by atoms with van der Waals surface area (Å²) in [5.41, 5.74) is 0.303. The normalized spacial score (nSPS) is 12.1. The Bertz CT molecular complexity index is 381. The van der Waals surface area contributed by atoms with Gasteiger partial charge in [0, 0.05) is 17.5 Å². The molecule has 0 aliphatic rings. The zero-order valence-corrected chi connectivity index (χ0v) is 9.66. The molecule has 0 fully saturated rings. The minimum absolute atomic E-state index is 0.0269. The molecule has 16 heavy (non-hydrogen) atoms. The molecule has 1 aromatic carbocycles. The predicted octanol–water partition coefficient (Wildman–Crippen LogP) is 1.85. The number of carbonyl (C=O) groups is 1. The van der Waals surface area contributed by atoms with Crippen LogP contribution in [0.2, 0.25) is 0 Å². The molecule has 4 nitrogen and oxygen atoms in total. The van der Waals surface area contributed by atoms with Crippen LogP contribution in [0.4, 0.5) is 0 Å². The van der Waals surface area contributed by atoms with Crippen molar-refractivity contribution in [2.45, 2.75) is 19.4 Å². The monoisotopic (exact) mass is 243 g/mol. The summed E-state index contributed by atoms with van der Waals surface area (Å²) >= 11 is 5.55. The highest BCUT2D eigenvalue weighted by Crippen LogP contribution is 2.24. The first kappa shape index (κ1) is 12.6. The number of hydrogen-bond acceptors (Lipinski definition) is 3. The molecule has 1 unspecified atom stereocenters. The lowest BCUT2D eigenvalue weighted by Crippen LogP contribution is -2.32. The van der Waals surface area contributed by atoms with Gasteiger partial charge in [-0.2, -0.15) is 0 Å². The molecule has 1 amide bonds. The van der Waals surface area contributed by atoms with E-state index in [-0.39, 0.29) is 23.4 Å². The molecule has 0 spiro atoms. The predicted molar refractivity (Wildman–Crippen MR) is 62.0 cm³/mol. The van der Waals surface area contributed by atoms with Crippen molar-refractivity contribution >= 4 is 17.5 Å². The highest BCUT2D eigenvalue weighted by atomic mass is 35.5. The summed E-state index contributed by atoms with van der Waals surface area (Å²) in [6, 6.07) is 3.91. The Labute approximate surface area is 98.9 Å². The summed E-state index contributed by atoms with van der Waals surface area (Å²) in [5, 5.41) is 21.1. The number of nitrogens with one attached hydrogen (secondary N) is 1. The molecule has 1 atom stereocenters. The largest absolute Gasteiger partial charge is 0.504 e. The van der Waals surface area contributed by atoms with E-state index in [0.717, 1.165) is 0 Å². The third kappa shape index (κ3) is 3.31. The molecule has 0 heterocycles. The van der Waals surface area contributed by atoms with E-state index in [1.807, 2.05) is 6.92 Å². The maximum Gasteiger partial charge on any atom is 0.251 e. The van der Waals surface area contributed by atoms with Crippen LogP contribution in [-0.4, -0.2) is 28.0 Å². The van der Waals surface area contributed by atoms with Gasteiger partial charge in [-0.15, -0.1) is 11.6 Å². The standard InChI is InChI=1S/C11H14ClNO3/c1-7(4-5-12)13-11(16)8-2-3-9(14)10(15)6-8/h2-3,6-7,14-15H,4-5H2,1H3,(H,13,16). The van der Waals surface area contributed by atoms with Gasteiger partial charge in [0.15, 0.2) is 11.5 Å². The molecule has 3 N–H and O–H groups in total. The quantitative estimate of drug-likeness (QED) is 0.558. The lowest BCUT2D eigenvalue weighted by Gasteiger charge is -2.12. The molecule has 5 heteroatoms. The Morgan fingerprint density at radius 2 is 2.12 bits per heavy atom. The highest BCUT2D eigenvalue weighted by Gasteiger charge is 2.11. The fraction of sp³-hybridized carbons (Fsp3) is 0.364. The fourth-order valence-corrected chi connectivity index (χ4v) is 1.53. The summed E-state index contributed by atoms with van der Waals surface area (Å²) in [7, 11) is 0. The smallest absolute Gasteiger partial charge is 0.251 e. The fourth-order valence-electron chi connectivity index (χ4n) is 1.21. The molecule has 0 bridgehead atoms. The van der Waals surface area contributed by atoms with Gasteiger partial charge in [-0.3, -0.25) is 4.79 Å². The van der Waals surface area contributed by atoms with Crippen molar-refractivity contribution < 1.29 is 15.0 Å². The van der Waals surface area contributed by atoms with Crippen molar-refractivity contribution in [3.8, 4) is 11.5 Å². The number of alkyl halides is 1. The first-order valence-electron chi connectivity index (χ1n) is 4.93. The van der Waals surface area contributed by atoms with Gasteiger partial charge >= 0.3 is 0 Å². The van der Waals surface area contributed by atoms with Gasteiger partial charge < -0.3 is 15.5 Å². The number of phenolic OH excluding ortho intramolecular Hbond substituents is 2. The lowest BCUT2D eigenvalue weighted by atomic mass is 10.1. The zero-order chi connectivity index (χ0) is 12.1. The first-order valence-corrected chi connectivity index (χ1v) is 5.47. The van der Waals surface area contributed by atoms with Crippen LogP contribution in [-0.2, 0) is 0 Å². The van der Waals surface area contributed by atoms with Crippen LogP contribution >= 0.6 is 11.6 Å². The Hall–Kier alpha value is -1.42. The summed E-state index contributed by atoms with van der Waals surface area (Å²) in [6.07, 6.45) is 0.678. The Morgan fingerprint density at radius 3 is 2.69 bits per heavy atom. The topological polar surface area (TPSA) is 69.6 Å². The van der Waals surface area contributed by atoms with Crippen LogP contribution in [0.25, 0.3) is 0 Å². The van der Waals surface area contributed by atoms with E-state index in [9.17, 15) is 9.90 Å². The van der Waals surface area contributed by atoms with Crippen LogP contribution < -0.4 is 5.32 Å². The second-order valence-electron chi connectivity index (χ2n) is 3.56. The Balaban J connectivity index is 2.69. The van der Waals surface area contributed by atoms with Crippen LogP contribution in [0.3, 0.4) is 0 Å². The minimum atomic E-state index is -0.308. The number of carbonyl (C=O) groups excluding carboxylic acids is 1. The molecule has 1 rings (SSSR count). The van der Waals surface area contributed by atoms with Crippen molar-refractivity contribution in [1.82, 2.24) is 5.32 Å². The average molecular weight is 244 g/mol. The minimum Gasteiger partial charge on any atom is -0.504 e. The molecule has 0 radical (unpaired) electrons. The maximum absolute atomic E-state index is 11.6. The summed E-state index contributed by atoms with van der Waals surface area (Å²) in [5.74, 6) is -0.377. The molecule has 0 aliphatic carbocycles. The lowest BCUT2D eigenvalue weighted by molar-refractivity contribution is 0.0939. The van der Waals surface area contributed by atoms with E-state index >= 15 is 0 Å². The zero-order valence-electron chi connectivity index (χ0n) is 8.90. The summed E-state index contributed by atoms with van der Waals surface area (Å²) in [6.45, 7) is 1.85. The Kier molecular flexibility index (Phi) is 4.43. The van der Waals surface area contributed by atoms with Gasteiger partial charge in [0.1, 0.15) is 0 Å². The molecular formula is C11H14ClNO3. The van der Waals surface area contributed by atoms with Crippen molar-refractivity contribution in [3.05, 3.63) is 23.8 Å². The van der Waals surface area contributed by atoms with E-state index in [2.05, 4.69) is 5.32 Å².